The van der Waals surface area contributed by atoms with Gasteiger partial charge in [-0.15, -0.1) is 0 Å². The molecule has 9 heteroatoms. The van der Waals surface area contributed by atoms with Gasteiger partial charge in [-0.1, -0.05) is 0 Å². The fraction of sp³-hybridized carbons (Fsp3) is 0.292. The van der Waals surface area contributed by atoms with Crippen LogP contribution < -0.4 is 10.1 Å². The van der Waals surface area contributed by atoms with E-state index in [2.05, 4.69) is 15.3 Å². The van der Waals surface area contributed by atoms with Crippen LogP contribution in [0, 0.1) is 0 Å². The third-order valence-corrected chi connectivity index (χ3v) is 6.05. The van der Waals surface area contributed by atoms with E-state index in [0.717, 1.165) is 33.3 Å². The molecule has 0 atom stereocenters. The summed E-state index contributed by atoms with van der Waals surface area (Å²) in [6.07, 6.45) is 3.58. The molecule has 0 aliphatic carbocycles. The van der Waals surface area contributed by atoms with Gasteiger partial charge in [-0.05, 0) is 30.3 Å². The molecular weight excluding hydrogens is 422 g/mol. The zero-order valence-corrected chi connectivity index (χ0v) is 18.6. The molecule has 0 unspecified atom stereocenters. The summed E-state index contributed by atoms with van der Waals surface area (Å²) in [5.41, 5.74) is 3.81. The summed E-state index contributed by atoms with van der Waals surface area (Å²) in [6.45, 7) is 2.57. The highest BCUT2D eigenvalue weighted by atomic mass is 16.5. The third kappa shape index (κ3) is 3.80. The molecule has 3 aromatic heterocycles. The number of aromatic amines is 1. The van der Waals surface area contributed by atoms with Crippen molar-refractivity contribution in [2.24, 2.45) is 0 Å². The fourth-order valence-corrected chi connectivity index (χ4v) is 4.31. The van der Waals surface area contributed by atoms with Gasteiger partial charge in [0, 0.05) is 60.1 Å². The highest BCUT2D eigenvalue weighted by molar-refractivity contribution is 6.07. The molecular formula is C24H25N5O4. The zero-order valence-electron chi connectivity index (χ0n) is 18.6. The molecule has 1 aliphatic rings. The molecule has 1 saturated heterocycles. The maximum atomic E-state index is 12.9. The molecule has 0 saturated carbocycles. The summed E-state index contributed by atoms with van der Waals surface area (Å²) in [5, 5.41) is 4.35. The second kappa shape index (κ2) is 8.59. The number of fused-ring (bicyclic) bond motifs is 2. The first-order chi connectivity index (χ1) is 16.1. The molecule has 9 nitrogen and oxygen atoms in total. The van der Waals surface area contributed by atoms with Crippen LogP contribution in [0.5, 0.6) is 5.75 Å². The molecule has 0 spiro atoms. The Kier molecular flexibility index (Phi) is 5.47. The van der Waals surface area contributed by atoms with Gasteiger partial charge in [-0.25, -0.2) is 4.98 Å². The summed E-state index contributed by atoms with van der Waals surface area (Å²) < 4.78 is 12.8. The van der Waals surface area contributed by atoms with E-state index >= 15 is 0 Å². The molecule has 0 radical (unpaired) electrons. The van der Waals surface area contributed by atoms with Gasteiger partial charge < -0.3 is 29.2 Å². The number of hydrogen-bond donors (Lipinski definition) is 2. The minimum Gasteiger partial charge on any atom is -0.497 e. The van der Waals surface area contributed by atoms with Gasteiger partial charge in [0.2, 0.25) is 5.91 Å². The summed E-state index contributed by atoms with van der Waals surface area (Å²) in [7, 11) is 3.23. The van der Waals surface area contributed by atoms with Gasteiger partial charge in [-0.3, -0.25) is 9.59 Å². The Hall–Kier alpha value is -3.85. The van der Waals surface area contributed by atoms with Crippen molar-refractivity contribution in [3.63, 3.8) is 0 Å². The van der Waals surface area contributed by atoms with Gasteiger partial charge in [0.15, 0.2) is 0 Å². The molecule has 4 heterocycles. The van der Waals surface area contributed by atoms with Crippen molar-refractivity contribution in [2.45, 2.75) is 6.54 Å². The fourth-order valence-electron chi connectivity index (χ4n) is 4.31. The van der Waals surface area contributed by atoms with E-state index in [4.69, 9.17) is 9.47 Å². The number of pyridine rings is 1. The number of rotatable bonds is 5. The standard InChI is InChI=1S/C24H25N5O4/c1-25-24(31)16-5-6-26-23-18(16)12-20(27-23)19-13-29(14-22(30)28-7-9-33-10-8-28)21-4-3-15(32-2)11-17(19)21/h3-6,11-13H,7-10,14H2,1-2H3,(H,25,31)(H,26,27). The minimum atomic E-state index is -0.173. The van der Waals surface area contributed by atoms with Crippen LogP contribution in [0.3, 0.4) is 0 Å². The van der Waals surface area contributed by atoms with Crippen molar-refractivity contribution < 1.29 is 19.1 Å². The number of aromatic nitrogens is 3. The molecule has 2 N–H and O–H groups in total. The predicted molar refractivity (Wildman–Crippen MR) is 124 cm³/mol. The number of amides is 2. The lowest BCUT2D eigenvalue weighted by molar-refractivity contribution is -0.135. The Balaban J connectivity index is 1.60. The summed E-state index contributed by atoms with van der Waals surface area (Å²) in [5.74, 6) is 0.604. The maximum absolute atomic E-state index is 12.9. The number of nitrogens with one attached hydrogen (secondary N) is 2. The van der Waals surface area contributed by atoms with E-state index in [9.17, 15) is 9.59 Å². The Morgan fingerprint density at radius 3 is 2.76 bits per heavy atom. The van der Waals surface area contributed by atoms with Crippen LogP contribution >= 0.6 is 0 Å². The Labute approximate surface area is 190 Å². The highest BCUT2D eigenvalue weighted by Gasteiger charge is 2.21. The lowest BCUT2D eigenvalue weighted by Crippen LogP contribution is -2.42. The minimum absolute atomic E-state index is 0.0535. The summed E-state index contributed by atoms with van der Waals surface area (Å²) in [6, 6.07) is 9.43. The number of carbonyl (C=O) groups is 2. The second-order valence-electron chi connectivity index (χ2n) is 7.93. The van der Waals surface area contributed by atoms with Crippen LogP contribution in [-0.4, -0.2) is 71.7 Å². The molecule has 1 fully saturated rings. The van der Waals surface area contributed by atoms with E-state index in [1.54, 1.807) is 26.4 Å². The largest absolute Gasteiger partial charge is 0.497 e. The molecule has 0 bridgehead atoms. The number of morpholine rings is 1. The lowest BCUT2D eigenvalue weighted by atomic mass is 10.1. The number of nitrogens with zero attached hydrogens (tertiary/aromatic N) is 3. The Bertz CT molecular complexity index is 1350. The van der Waals surface area contributed by atoms with Crippen molar-refractivity contribution in [1.29, 1.82) is 0 Å². The SMILES string of the molecule is CNC(=O)c1ccnc2[nH]c(-c3cn(CC(=O)N4CCOCC4)c4ccc(OC)cc34)cc12. The monoisotopic (exact) mass is 447 g/mol. The van der Waals surface area contributed by atoms with Crippen molar-refractivity contribution in [3.05, 3.63) is 48.3 Å². The molecule has 33 heavy (non-hydrogen) atoms. The molecule has 1 aromatic carbocycles. The van der Waals surface area contributed by atoms with Crippen LogP contribution in [0.4, 0.5) is 0 Å². The molecule has 1 aliphatic heterocycles. The van der Waals surface area contributed by atoms with Gasteiger partial charge in [0.25, 0.3) is 5.91 Å². The number of carbonyl (C=O) groups excluding carboxylic acids is 2. The first kappa shape index (κ1) is 21.0. The predicted octanol–water partition coefficient (Wildman–Crippen LogP) is 2.41. The van der Waals surface area contributed by atoms with E-state index in [-0.39, 0.29) is 18.4 Å². The van der Waals surface area contributed by atoms with E-state index in [0.29, 0.717) is 37.5 Å². The normalized spacial score (nSPS) is 14.1. The van der Waals surface area contributed by atoms with Gasteiger partial charge in [0.1, 0.15) is 17.9 Å². The number of ether oxygens (including phenoxy) is 2. The van der Waals surface area contributed by atoms with Crippen LogP contribution in [-0.2, 0) is 16.1 Å². The Morgan fingerprint density at radius 1 is 1.18 bits per heavy atom. The van der Waals surface area contributed by atoms with Crippen LogP contribution in [0.1, 0.15) is 10.4 Å². The number of H-pyrrole nitrogens is 1. The van der Waals surface area contributed by atoms with Crippen molar-refractivity contribution in [3.8, 4) is 17.0 Å². The van der Waals surface area contributed by atoms with E-state index in [1.165, 1.54) is 0 Å². The van der Waals surface area contributed by atoms with Crippen LogP contribution in [0.25, 0.3) is 33.2 Å². The number of hydrogen-bond acceptors (Lipinski definition) is 5. The average molecular weight is 447 g/mol. The zero-order chi connectivity index (χ0) is 22.9. The average Bonchev–Trinajstić information content (AvgIpc) is 3.45. The molecule has 4 aromatic rings. The van der Waals surface area contributed by atoms with Crippen molar-refractivity contribution in [1.82, 2.24) is 24.8 Å². The van der Waals surface area contributed by atoms with Crippen LogP contribution in [0.2, 0.25) is 0 Å². The first-order valence-corrected chi connectivity index (χ1v) is 10.8. The number of benzene rings is 1. The van der Waals surface area contributed by atoms with Crippen LogP contribution in [0.15, 0.2) is 42.7 Å². The van der Waals surface area contributed by atoms with Crippen molar-refractivity contribution in [2.75, 3.05) is 40.5 Å². The number of methoxy groups -OCH3 is 1. The summed E-state index contributed by atoms with van der Waals surface area (Å²) in [4.78, 5) is 34.8. The van der Waals surface area contributed by atoms with Crippen molar-refractivity contribution >= 4 is 33.8 Å². The van der Waals surface area contributed by atoms with Gasteiger partial charge in [-0.2, -0.15) is 0 Å². The molecule has 2 amide bonds. The third-order valence-electron chi connectivity index (χ3n) is 6.05. The van der Waals surface area contributed by atoms with Gasteiger partial charge in [0.05, 0.1) is 25.9 Å². The highest BCUT2D eigenvalue weighted by Crippen LogP contribution is 2.34. The van der Waals surface area contributed by atoms with E-state index < -0.39 is 0 Å². The van der Waals surface area contributed by atoms with Gasteiger partial charge >= 0.3 is 0 Å². The summed E-state index contributed by atoms with van der Waals surface area (Å²) >= 11 is 0. The lowest BCUT2D eigenvalue weighted by Gasteiger charge is -2.27. The van der Waals surface area contributed by atoms with E-state index in [1.807, 2.05) is 39.9 Å². The first-order valence-electron chi connectivity index (χ1n) is 10.8. The smallest absolute Gasteiger partial charge is 0.251 e. The maximum Gasteiger partial charge on any atom is 0.251 e. The Morgan fingerprint density at radius 2 is 2.00 bits per heavy atom. The molecule has 5 rings (SSSR count). The quantitative estimate of drug-likeness (QED) is 0.489. The topological polar surface area (TPSA) is 101 Å². The second-order valence-corrected chi connectivity index (χ2v) is 7.93. The molecule has 170 valence electrons.